The standard InChI is InChI=1S/C27H24N2O5S/c1-4-33-26(32)23-17(2)28-27-29(24(23)20-13-15-21(16-14-20)34-18(3)30)25(31)22(35-27)12-8-11-19-9-6-5-7-10-19/h5-16,24H,4H2,1-3H3. The Bertz CT molecular complexity index is 1500. The van der Waals surface area contributed by atoms with Gasteiger partial charge in [-0.2, -0.15) is 0 Å². The van der Waals surface area contributed by atoms with Gasteiger partial charge in [0.1, 0.15) is 5.75 Å². The Balaban J connectivity index is 1.83. The van der Waals surface area contributed by atoms with Crippen LogP contribution in [0.4, 0.5) is 0 Å². The lowest BCUT2D eigenvalue weighted by atomic mass is 9.96. The van der Waals surface area contributed by atoms with Crippen LogP contribution in [0.15, 0.2) is 81.7 Å². The summed E-state index contributed by atoms with van der Waals surface area (Å²) in [6, 6.07) is 15.8. The van der Waals surface area contributed by atoms with Gasteiger partial charge in [0.05, 0.1) is 28.5 Å². The second-order valence-corrected chi connectivity index (χ2v) is 8.77. The number of hydrogen-bond donors (Lipinski definition) is 0. The van der Waals surface area contributed by atoms with Crippen molar-refractivity contribution in [1.82, 2.24) is 4.57 Å². The Morgan fingerprint density at radius 1 is 1.11 bits per heavy atom. The molecule has 0 N–H and O–H groups in total. The van der Waals surface area contributed by atoms with E-state index in [1.54, 1.807) is 44.2 Å². The molecule has 0 saturated heterocycles. The Hall–Kier alpha value is -4.04. The number of thiazole rings is 1. The lowest BCUT2D eigenvalue weighted by Gasteiger charge is -2.24. The second kappa shape index (κ2) is 10.5. The fourth-order valence-electron chi connectivity index (χ4n) is 3.82. The number of fused-ring (bicyclic) bond motifs is 1. The molecule has 1 aromatic heterocycles. The van der Waals surface area contributed by atoms with E-state index in [1.807, 2.05) is 42.5 Å². The van der Waals surface area contributed by atoms with Crippen molar-refractivity contribution in [2.45, 2.75) is 26.8 Å². The monoisotopic (exact) mass is 488 g/mol. The van der Waals surface area contributed by atoms with Gasteiger partial charge in [-0.05, 0) is 43.2 Å². The van der Waals surface area contributed by atoms with E-state index in [2.05, 4.69) is 4.99 Å². The molecule has 1 unspecified atom stereocenters. The molecule has 0 saturated carbocycles. The summed E-state index contributed by atoms with van der Waals surface area (Å²) in [7, 11) is 0. The van der Waals surface area contributed by atoms with Gasteiger partial charge in [-0.15, -0.1) is 0 Å². The van der Waals surface area contributed by atoms with Gasteiger partial charge in [0, 0.05) is 6.92 Å². The highest BCUT2D eigenvalue weighted by molar-refractivity contribution is 7.07. The molecule has 3 aromatic rings. The summed E-state index contributed by atoms with van der Waals surface area (Å²) in [4.78, 5) is 42.7. The van der Waals surface area contributed by atoms with Gasteiger partial charge >= 0.3 is 11.9 Å². The van der Waals surface area contributed by atoms with Crippen LogP contribution in [-0.2, 0) is 14.3 Å². The van der Waals surface area contributed by atoms with E-state index in [1.165, 1.54) is 22.8 Å². The lowest BCUT2D eigenvalue weighted by Crippen LogP contribution is -2.39. The van der Waals surface area contributed by atoms with Crippen molar-refractivity contribution >= 4 is 35.4 Å². The average molecular weight is 489 g/mol. The number of nitrogens with zero attached hydrogens (tertiary/aromatic N) is 2. The smallest absolute Gasteiger partial charge is 0.338 e. The zero-order valence-electron chi connectivity index (χ0n) is 19.6. The van der Waals surface area contributed by atoms with Crippen LogP contribution in [0.25, 0.3) is 12.2 Å². The molecule has 0 aliphatic carbocycles. The molecular weight excluding hydrogens is 464 g/mol. The molecule has 7 nitrogen and oxygen atoms in total. The van der Waals surface area contributed by atoms with Crippen LogP contribution < -0.4 is 19.6 Å². The third-order valence-electron chi connectivity index (χ3n) is 5.31. The highest BCUT2D eigenvalue weighted by Gasteiger charge is 2.33. The molecule has 0 spiro atoms. The van der Waals surface area contributed by atoms with Gasteiger partial charge < -0.3 is 9.47 Å². The van der Waals surface area contributed by atoms with Crippen LogP contribution in [0, 0.1) is 0 Å². The maximum Gasteiger partial charge on any atom is 0.338 e. The average Bonchev–Trinajstić information content (AvgIpc) is 3.14. The summed E-state index contributed by atoms with van der Waals surface area (Å²) in [5, 5.41) is 0. The molecule has 2 heterocycles. The van der Waals surface area contributed by atoms with Crippen molar-refractivity contribution in [2.24, 2.45) is 4.99 Å². The minimum absolute atomic E-state index is 0.197. The van der Waals surface area contributed by atoms with Crippen LogP contribution in [0.1, 0.15) is 37.9 Å². The molecule has 4 rings (SSSR count). The van der Waals surface area contributed by atoms with E-state index in [0.29, 0.717) is 31.9 Å². The first-order valence-corrected chi connectivity index (χ1v) is 11.9. The number of carbonyl (C=O) groups excluding carboxylic acids is 2. The lowest BCUT2D eigenvalue weighted by molar-refractivity contribution is -0.139. The highest BCUT2D eigenvalue weighted by Crippen LogP contribution is 2.31. The fourth-order valence-corrected chi connectivity index (χ4v) is 4.81. The Labute approximate surface area is 206 Å². The van der Waals surface area contributed by atoms with Crippen molar-refractivity contribution in [3.05, 3.63) is 103 Å². The molecule has 8 heteroatoms. The predicted octanol–water partition coefficient (Wildman–Crippen LogP) is 3.39. The zero-order chi connectivity index (χ0) is 24.9. The molecule has 0 fully saturated rings. The number of benzene rings is 2. The summed E-state index contributed by atoms with van der Waals surface area (Å²) < 4.78 is 12.4. The van der Waals surface area contributed by atoms with Gasteiger partial charge in [-0.25, -0.2) is 9.79 Å². The van der Waals surface area contributed by atoms with Gasteiger partial charge in [-0.1, -0.05) is 66.0 Å². The number of hydrogen-bond acceptors (Lipinski definition) is 7. The molecule has 1 aliphatic rings. The number of carbonyl (C=O) groups is 2. The number of rotatable bonds is 6. The van der Waals surface area contributed by atoms with Gasteiger partial charge in [0.2, 0.25) is 0 Å². The minimum Gasteiger partial charge on any atom is -0.463 e. The van der Waals surface area contributed by atoms with Crippen molar-refractivity contribution in [3.63, 3.8) is 0 Å². The third kappa shape index (κ3) is 5.22. The molecule has 0 radical (unpaired) electrons. The molecule has 0 bridgehead atoms. The van der Waals surface area contributed by atoms with E-state index >= 15 is 0 Å². The first-order valence-electron chi connectivity index (χ1n) is 11.1. The molecule has 35 heavy (non-hydrogen) atoms. The van der Waals surface area contributed by atoms with Crippen LogP contribution >= 0.6 is 11.3 Å². The van der Waals surface area contributed by atoms with Gasteiger partial charge in [-0.3, -0.25) is 14.2 Å². The van der Waals surface area contributed by atoms with E-state index in [-0.39, 0.29) is 12.2 Å². The van der Waals surface area contributed by atoms with Crippen molar-refractivity contribution in [1.29, 1.82) is 0 Å². The van der Waals surface area contributed by atoms with E-state index < -0.39 is 18.0 Å². The summed E-state index contributed by atoms with van der Waals surface area (Å²) in [6.45, 7) is 4.98. The molecule has 1 atom stereocenters. The first-order chi connectivity index (χ1) is 16.9. The largest absolute Gasteiger partial charge is 0.463 e. The quantitative estimate of drug-likeness (QED) is 0.392. The van der Waals surface area contributed by atoms with Gasteiger partial charge in [0.15, 0.2) is 4.80 Å². The van der Waals surface area contributed by atoms with Gasteiger partial charge in [0.25, 0.3) is 5.56 Å². The summed E-state index contributed by atoms with van der Waals surface area (Å²) >= 11 is 1.26. The fraction of sp³-hybridized carbons (Fsp3) is 0.185. The Morgan fingerprint density at radius 3 is 2.49 bits per heavy atom. The second-order valence-electron chi connectivity index (χ2n) is 7.76. The number of aromatic nitrogens is 1. The molecule has 2 aromatic carbocycles. The minimum atomic E-state index is -0.725. The number of allylic oxidation sites excluding steroid dienone is 2. The van der Waals surface area contributed by atoms with E-state index in [9.17, 15) is 14.4 Å². The maximum absolute atomic E-state index is 13.5. The molecule has 178 valence electrons. The first kappa shape index (κ1) is 24.1. The van der Waals surface area contributed by atoms with Crippen molar-refractivity contribution in [3.8, 4) is 5.75 Å². The van der Waals surface area contributed by atoms with E-state index in [4.69, 9.17) is 9.47 Å². The molecular formula is C27H24N2O5S. The summed E-state index contributed by atoms with van der Waals surface area (Å²) in [5.41, 5.74) is 2.22. The van der Waals surface area contributed by atoms with Crippen molar-refractivity contribution in [2.75, 3.05) is 6.61 Å². The topological polar surface area (TPSA) is 87.0 Å². The third-order valence-corrected chi connectivity index (χ3v) is 6.31. The Kier molecular flexibility index (Phi) is 7.22. The highest BCUT2D eigenvalue weighted by atomic mass is 32.1. The predicted molar refractivity (Wildman–Crippen MR) is 135 cm³/mol. The Morgan fingerprint density at radius 2 is 1.83 bits per heavy atom. The summed E-state index contributed by atoms with van der Waals surface area (Å²) in [5.74, 6) is -0.587. The van der Waals surface area contributed by atoms with Crippen LogP contribution in [0.5, 0.6) is 5.75 Å². The molecule has 0 amide bonds. The maximum atomic E-state index is 13.5. The van der Waals surface area contributed by atoms with Crippen LogP contribution in [0.2, 0.25) is 0 Å². The zero-order valence-corrected chi connectivity index (χ0v) is 20.4. The molecule has 1 aliphatic heterocycles. The van der Waals surface area contributed by atoms with Crippen LogP contribution in [0.3, 0.4) is 0 Å². The SMILES string of the molecule is CCOC(=O)C1=C(C)N=c2sc(=CC=Cc3ccccc3)c(=O)n2C1c1ccc(OC(C)=O)cc1. The number of esters is 2. The van der Waals surface area contributed by atoms with E-state index in [0.717, 1.165) is 5.56 Å². The summed E-state index contributed by atoms with van der Waals surface area (Å²) in [6.07, 6.45) is 5.49. The normalized spacial score (nSPS) is 15.6. The number of ether oxygens (including phenoxy) is 2. The van der Waals surface area contributed by atoms with Crippen LogP contribution in [-0.4, -0.2) is 23.1 Å². The van der Waals surface area contributed by atoms with Crippen molar-refractivity contribution < 1.29 is 19.1 Å².